The monoisotopic (exact) mass is 284 g/mol. The third-order valence-electron chi connectivity index (χ3n) is 3.81. The van der Waals surface area contributed by atoms with Gasteiger partial charge < -0.3 is 4.90 Å². The van der Waals surface area contributed by atoms with Crippen LogP contribution >= 0.6 is 0 Å². The molecule has 0 fully saturated rings. The Morgan fingerprint density at radius 3 is 2.76 bits per heavy atom. The molecule has 1 aromatic heterocycles. The SMILES string of the molecule is CN(C)c1nc2c(c(=O)[nH]1)CCN(Cc1ccccc1)C2. The van der Waals surface area contributed by atoms with E-state index in [1.165, 1.54) is 5.56 Å². The molecule has 1 N–H and O–H groups in total. The van der Waals surface area contributed by atoms with Crippen molar-refractivity contribution in [3.63, 3.8) is 0 Å². The largest absolute Gasteiger partial charge is 0.348 e. The molecule has 0 aliphatic carbocycles. The maximum Gasteiger partial charge on any atom is 0.255 e. The molecule has 2 aromatic rings. The average molecular weight is 284 g/mol. The van der Waals surface area contributed by atoms with Crippen LogP contribution in [0.25, 0.3) is 0 Å². The summed E-state index contributed by atoms with van der Waals surface area (Å²) >= 11 is 0. The highest BCUT2D eigenvalue weighted by Crippen LogP contribution is 2.17. The van der Waals surface area contributed by atoms with Crippen LogP contribution in [0.5, 0.6) is 0 Å². The Morgan fingerprint density at radius 1 is 1.29 bits per heavy atom. The molecule has 0 bridgehead atoms. The minimum Gasteiger partial charge on any atom is -0.348 e. The van der Waals surface area contributed by atoms with Gasteiger partial charge in [-0.15, -0.1) is 0 Å². The van der Waals surface area contributed by atoms with Crippen LogP contribution in [0.15, 0.2) is 35.1 Å². The van der Waals surface area contributed by atoms with Gasteiger partial charge in [0, 0.05) is 39.3 Å². The van der Waals surface area contributed by atoms with Crippen LogP contribution in [0.4, 0.5) is 5.95 Å². The summed E-state index contributed by atoms with van der Waals surface area (Å²) < 4.78 is 0. The Labute approximate surface area is 124 Å². The van der Waals surface area contributed by atoms with E-state index < -0.39 is 0 Å². The van der Waals surface area contributed by atoms with Gasteiger partial charge in [-0.3, -0.25) is 14.7 Å². The number of nitrogens with one attached hydrogen (secondary N) is 1. The topological polar surface area (TPSA) is 52.2 Å². The van der Waals surface area contributed by atoms with E-state index in [2.05, 4.69) is 39.1 Å². The first-order valence-corrected chi connectivity index (χ1v) is 7.19. The van der Waals surface area contributed by atoms with Crippen molar-refractivity contribution in [2.45, 2.75) is 19.5 Å². The molecule has 1 aliphatic heterocycles. The van der Waals surface area contributed by atoms with Gasteiger partial charge in [0.1, 0.15) is 0 Å². The van der Waals surface area contributed by atoms with Crippen LogP contribution in [0.1, 0.15) is 16.8 Å². The van der Waals surface area contributed by atoms with Gasteiger partial charge in [0.2, 0.25) is 5.95 Å². The van der Waals surface area contributed by atoms with Crippen LogP contribution in [-0.2, 0) is 19.5 Å². The van der Waals surface area contributed by atoms with Crippen molar-refractivity contribution in [2.75, 3.05) is 25.5 Å². The summed E-state index contributed by atoms with van der Waals surface area (Å²) in [6.07, 6.45) is 0.762. The average Bonchev–Trinajstić information content (AvgIpc) is 2.48. The van der Waals surface area contributed by atoms with Gasteiger partial charge >= 0.3 is 0 Å². The summed E-state index contributed by atoms with van der Waals surface area (Å²) in [5, 5.41) is 0. The second kappa shape index (κ2) is 5.69. The number of anilines is 1. The molecule has 2 heterocycles. The predicted molar refractivity (Wildman–Crippen MR) is 83.4 cm³/mol. The zero-order chi connectivity index (χ0) is 14.8. The lowest BCUT2D eigenvalue weighted by Crippen LogP contribution is -2.35. The first kappa shape index (κ1) is 13.8. The predicted octanol–water partition coefficient (Wildman–Crippen LogP) is 1.39. The van der Waals surface area contributed by atoms with Gasteiger partial charge in [-0.25, -0.2) is 4.98 Å². The number of hydrogen-bond acceptors (Lipinski definition) is 4. The van der Waals surface area contributed by atoms with Crippen LogP contribution < -0.4 is 10.5 Å². The van der Waals surface area contributed by atoms with E-state index in [-0.39, 0.29) is 5.56 Å². The van der Waals surface area contributed by atoms with Gasteiger partial charge in [-0.2, -0.15) is 0 Å². The van der Waals surface area contributed by atoms with Crippen molar-refractivity contribution in [2.24, 2.45) is 0 Å². The minimum atomic E-state index is 0.00283. The fraction of sp³-hybridized carbons (Fsp3) is 0.375. The van der Waals surface area contributed by atoms with Crippen LogP contribution in [0.3, 0.4) is 0 Å². The first-order chi connectivity index (χ1) is 10.1. The first-order valence-electron chi connectivity index (χ1n) is 7.19. The molecule has 0 saturated heterocycles. The number of fused-ring (bicyclic) bond motifs is 1. The number of hydrogen-bond donors (Lipinski definition) is 1. The van der Waals surface area contributed by atoms with Crippen molar-refractivity contribution in [3.8, 4) is 0 Å². The summed E-state index contributed by atoms with van der Waals surface area (Å²) in [4.78, 5) is 23.7. The number of nitrogens with zero attached hydrogens (tertiary/aromatic N) is 3. The molecule has 21 heavy (non-hydrogen) atoms. The lowest BCUT2D eigenvalue weighted by atomic mass is 10.1. The van der Waals surface area contributed by atoms with E-state index in [0.717, 1.165) is 37.3 Å². The number of benzene rings is 1. The number of rotatable bonds is 3. The van der Waals surface area contributed by atoms with Gasteiger partial charge in [0.05, 0.1) is 5.69 Å². The molecule has 0 unspecified atom stereocenters. The third kappa shape index (κ3) is 2.97. The smallest absolute Gasteiger partial charge is 0.255 e. The van der Waals surface area contributed by atoms with Crippen LogP contribution in [0.2, 0.25) is 0 Å². The van der Waals surface area contributed by atoms with E-state index in [1.807, 2.05) is 25.1 Å². The molecule has 0 amide bonds. The zero-order valence-electron chi connectivity index (χ0n) is 12.5. The molecular weight excluding hydrogens is 264 g/mol. The molecule has 1 aromatic carbocycles. The Morgan fingerprint density at radius 2 is 2.05 bits per heavy atom. The van der Waals surface area contributed by atoms with Crippen molar-refractivity contribution in [3.05, 3.63) is 57.5 Å². The molecule has 0 radical (unpaired) electrons. The second-order valence-electron chi connectivity index (χ2n) is 5.66. The van der Waals surface area contributed by atoms with Gasteiger partial charge in [-0.05, 0) is 12.0 Å². The highest BCUT2D eigenvalue weighted by Gasteiger charge is 2.21. The molecule has 0 saturated carbocycles. The molecule has 0 atom stereocenters. The molecule has 0 spiro atoms. The Hall–Kier alpha value is -2.14. The summed E-state index contributed by atoms with van der Waals surface area (Å²) in [6.45, 7) is 2.52. The molecule has 3 rings (SSSR count). The molecule has 1 aliphatic rings. The molecule has 110 valence electrons. The Balaban J connectivity index is 1.83. The van der Waals surface area contributed by atoms with Crippen molar-refractivity contribution >= 4 is 5.95 Å². The summed E-state index contributed by atoms with van der Waals surface area (Å²) in [7, 11) is 3.77. The van der Waals surface area contributed by atoms with E-state index in [0.29, 0.717) is 5.95 Å². The molecule has 5 heteroatoms. The second-order valence-corrected chi connectivity index (χ2v) is 5.66. The highest BCUT2D eigenvalue weighted by molar-refractivity contribution is 5.32. The zero-order valence-corrected chi connectivity index (χ0v) is 12.5. The quantitative estimate of drug-likeness (QED) is 0.925. The number of aromatic amines is 1. The number of H-pyrrole nitrogens is 1. The Kier molecular flexibility index (Phi) is 3.75. The summed E-state index contributed by atoms with van der Waals surface area (Å²) in [5.74, 6) is 0.625. The lowest BCUT2D eigenvalue weighted by molar-refractivity contribution is 0.240. The minimum absolute atomic E-state index is 0.00283. The fourth-order valence-corrected chi connectivity index (χ4v) is 2.67. The fourth-order valence-electron chi connectivity index (χ4n) is 2.67. The lowest BCUT2D eigenvalue weighted by Gasteiger charge is -2.28. The number of aromatic nitrogens is 2. The summed E-state index contributed by atoms with van der Waals surface area (Å²) in [6, 6.07) is 10.4. The van der Waals surface area contributed by atoms with Gasteiger partial charge in [-0.1, -0.05) is 30.3 Å². The van der Waals surface area contributed by atoms with Gasteiger partial charge in [0.25, 0.3) is 5.56 Å². The van der Waals surface area contributed by atoms with Crippen molar-refractivity contribution < 1.29 is 0 Å². The van der Waals surface area contributed by atoms with Crippen molar-refractivity contribution in [1.82, 2.24) is 14.9 Å². The Bertz CT molecular complexity index is 678. The standard InChI is InChI=1S/C16H20N4O/c1-19(2)16-17-14-11-20(9-8-13(14)15(21)18-16)10-12-6-4-3-5-7-12/h3-7H,8-11H2,1-2H3,(H,17,18,21). The van der Waals surface area contributed by atoms with E-state index in [1.54, 1.807) is 0 Å². The third-order valence-corrected chi connectivity index (χ3v) is 3.81. The highest BCUT2D eigenvalue weighted by atomic mass is 16.1. The molecule has 5 nitrogen and oxygen atoms in total. The van der Waals surface area contributed by atoms with E-state index >= 15 is 0 Å². The van der Waals surface area contributed by atoms with E-state index in [4.69, 9.17) is 0 Å². The normalized spacial score (nSPS) is 14.8. The van der Waals surface area contributed by atoms with E-state index in [9.17, 15) is 4.79 Å². The van der Waals surface area contributed by atoms with Crippen LogP contribution in [0, 0.1) is 0 Å². The maximum absolute atomic E-state index is 12.1. The van der Waals surface area contributed by atoms with Crippen LogP contribution in [-0.4, -0.2) is 35.5 Å². The molecular formula is C16H20N4O. The van der Waals surface area contributed by atoms with Crippen molar-refractivity contribution in [1.29, 1.82) is 0 Å². The maximum atomic E-state index is 12.1. The van der Waals surface area contributed by atoms with Gasteiger partial charge in [0.15, 0.2) is 0 Å². The summed E-state index contributed by atoms with van der Waals surface area (Å²) in [5.41, 5.74) is 3.04.